The summed E-state index contributed by atoms with van der Waals surface area (Å²) in [6.07, 6.45) is 5.54. The second-order valence-corrected chi connectivity index (χ2v) is 5.96. The highest BCUT2D eigenvalue weighted by Gasteiger charge is 2.20. The number of aryl methyl sites for hydroxylation is 2. The SMILES string of the molecule is Cc1ccccc1-c1c2ccccc2c(-c2ccncn2)c[n+]1C. The second kappa shape index (κ2) is 5.85. The van der Waals surface area contributed by atoms with Crippen LogP contribution < -0.4 is 4.57 Å². The van der Waals surface area contributed by atoms with Crippen molar-refractivity contribution in [3.05, 3.63) is 78.9 Å². The molecule has 0 aliphatic heterocycles. The lowest BCUT2D eigenvalue weighted by Crippen LogP contribution is -2.31. The van der Waals surface area contributed by atoms with Gasteiger partial charge in [-0.2, -0.15) is 4.57 Å². The van der Waals surface area contributed by atoms with Crippen LogP contribution in [0.4, 0.5) is 0 Å². The monoisotopic (exact) mass is 312 g/mol. The fourth-order valence-corrected chi connectivity index (χ4v) is 3.27. The molecular weight excluding hydrogens is 294 g/mol. The van der Waals surface area contributed by atoms with E-state index < -0.39 is 0 Å². The minimum Gasteiger partial charge on any atom is -0.245 e. The highest BCUT2D eigenvalue weighted by molar-refractivity contribution is 6.01. The Morgan fingerprint density at radius 1 is 0.833 bits per heavy atom. The summed E-state index contributed by atoms with van der Waals surface area (Å²) in [5.41, 5.74) is 5.81. The second-order valence-electron chi connectivity index (χ2n) is 5.96. The number of hydrogen-bond donors (Lipinski definition) is 0. The molecule has 0 bridgehead atoms. The number of fused-ring (bicyclic) bond motifs is 1. The minimum atomic E-state index is 0.938. The van der Waals surface area contributed by atoms with Gasteiger partial charge in [0, 0.05) is 17.1 Å². The number of aromatic nitrogens is 3. The van der Waals surface area contributed by atoms with Crippen molar-refractivity contribution in [1.82, 2.24) is 9.97 Å². The van der Waals surface area contributed by atoms with Gasteiger partial charge in [-0.25, -0.2) is 9.97 Å². The Kier molecular flexibility index (Phi) is 3.54. The van der Waals surface area contributed by atoms with Crippen molar-refractivity contribution in [3.8, 4) is 22.5 Å². The van der Waals surface area contributed by atoms with Crippen molar-refractivity contribution >= 4 is 10.8 Å². The van der Waals surface area contributed by atoms with Gasteiger partial charge in [-0.05, 0) is 30.7 Å². The first kappa shape index (κ1) is 14.5. The van der Waals surface area contributed by atoms with E-state index in [0.29, 0.717) is 0 Å². The number of pyridine rings is 1. The topological polar surface area (TPSA) is 29.7 Å². The van der Waals surface area contributed by atoms with Crippen molar-refractivity contribution in [2.45, 2.75) is 6.92 Å². The summed E-state index contributed by atoms with van der Waals surface area (Å²) >= 11 is 0. The molecular formula is C21H18N3+. The molecule has 0 atom stereocenters. The van der Waals surface area contributed by atoms with Gasteiger partial charge >= 0.3 is 0 Å². The van der Waals surface area contributed by atoms with E-state index in [1.54, 1.807) is 12.5 Å². The number of hydrogen-bond acceptors (Lipinski definition) is 2. The zero-order valence-electron chi connectivity index (χ0n) is 13.8. The van der Waals surface area contributed by atoms with Crippen LogP contribution in [0.5, 0.6) is 0 Å². The molecule has 116 valence electrons. The number of nitrogens with zero attached hydrogens (tertiary/aromatic N) is 3. The normalized spacial score (nSPS) is 10.9. The Balaban J connectivity index is 2.09. The van der Waals surface area contributed by atoms with E-state index >= 15 is 0 Å². The summed E-state index contributed by atoms with van der Waals surface area (Å²) in [7, 11) is 2.10. The first-order chi connectivity index (χ1) is 11.8. The summed E-state index contributed by atoms with van der Waals surface area (Å²) in [6, 6.07) is 19.0. The molecule has 0 saturated heterocycles. The van der Waals surface area contributed by atoms with Crippen LogP contribution in [-0.2, 0) is 7.05 Å². The molecule has 0 spiro atoms. The fourth-order valence-electron chi connectivity index (χ4n) is 3.27. The molecule has 24 heavy (non-hydrogen) atoms. The molecule has 0 amide bonds. The van der Waals surface area contributed by atoms with Crippen LogP contribution in [-0.4, -0.2) is 9.97 Å². The average molecular weight is 312 g/mol. The predicted octanol–water partition coefficient (Wildman–Crippen LogP) is 4.10. The molecule has 0 radical (unpaired) electrons. The van der Waals surface area contributed by atoms with Gasteiger partial charge in [-0.3, -0.25) is 0 Å². The van der Waals surface area contributed by atoms with Gasteiger partial charge < -0.3 is 0 Å². The van der Waals surface area contributed by atoms with E-state index in [4.69, 9.17) is 0 Å². The van der Waals surface area contributed by atoms with Crippen LogP contribution in [0.15, 0.2) is 73.3 Å². The fraction of sp³-hybridized carbons (Fsp3) is 0.0952. The number of rotatable bonds is 2. The van der Waals surface area contributed by atoms with Crippen molar-refractivity contribution < 1.29 is 4.57 Å². The van der Waals surface area contributed by atoms with Crippen molar-refractivity contribution in [1.29, 1.82) is 0 Å². The van der Waals surface area contributed by atoms with Gasteiger partial charge in [0.1, 0.15) is 13.4 Å². The smallest absolute Gasteiger partial charge is 0.220 e. The lowest BCUT2D eigenvalue weighted by Gasteiger charge is -2.11. The highest BCUT2D eigenvalue weighted by atomic mass is 14.9. The van der Waals surface area contributed by atoms with Gasteiger partial charge in [0.2, 0.25) is 5.69 Å². The molecule has 0 N–H and O–H groups in total. The standard InChI is InChI=1S/C21H18N3/c1-15-7-3-4-8-16(15)21-18-10-6-5-9-17(18)19(13-24(21)2)20-11-12-22-14-23-20/h3-14H,1-2H3/q+1. The first-order valence-electron chi connectivity index (χ1n) is 7.99. The van der Waals surface area contributed by atoms with Crippen LogP contribution in [0.2, 0.25) is 0 Å². The minimum absolute atomic E-state index is 0.938. The van der Waals surface area contributed by atoms with Crippen LogP contribution in [0.25, 0.3) is 33.3 Å². The molecule has 0 unspecified atom stereocenters. The Morgan fingerprint density at radius 3 is 2.33 bits per heavy atom. The van der Waals surface area contributed by atoms with E-state index in [1.807, 2.05) is 6.07 Å². The van der Waals surface area contributed by atoms with Crippen molar-refractivity contribution in [3.63, 3.8) is 0 Å². The van der Waals surface area contributed by atoms with E-state index in [9.17, 15) is 0 Å². The molecule has 0 fully saturated rings. The summed E-state index contributed by atoms with van der Waals surface area (Å²) in [4.78, 5) is 8.47. The lowest BCUT2D eigenvalue weighted by molar-refractivity contribution is -0.658. The summed E-state index contributed by atoms with van der Waals surface area (Å²) in [5.74, 6) is 0. The van der Waals surface area contributed by atoms with Crippen LogP contribution in [0, 0.1) is 6.92 Å². The Hall–Kier alpha value is -3.07. The quantitative estimate of drug-likeness (QED) is 0.522. The maximum atomic E-state index is 4.44. The predicted molar refractivity (Wildman–Crippen MR) is 96.3 cm³/mol. The van der Waals surface area contributed by atoms with E-state index in [-0.39, 0.29) is 0 Å². The molecule has 2 aromatic carbocycles. The molecule has 3 heteroatoms. The van der Waals surface area contributed by atoms with Gasteiger partial charge in [-0.1, -0.05) is 36.4 Å². The van der Waals surface area contributed by atoms with Gasteiger partial charge in [0.25, 0.3) is 0 Å². The van der Waals surface area contributed by atoms with E-state index in [1.165, 1.54) is 27.6 Å². The first-order valence-corrected chi connectivity index (χ1v) is 7.99. The Labute approximate surface area is 141 Å². The zero-order chi connectivity index (χ0) is 16.5. The van der Waals surface area contributed by atoms with Crippen LogP contribution in [0.3, 0.4) is 0 Å². The summed E-state index contributed by atoms with van der Waals surface area (Å²) < 4.78 is 2.20. The van der Waals surface area contributed by atoms with Gasteiger partial charge in [-0.15, -0.1) is 0 Å². The molecule has 2 heterocycles. The van der Waals surface area contributed by atoms with Crippen LogP contribution in [0.1, 0.15) is 5.56 Å². The van der Waals surface area contributed by atoms with Crippen molar-refractivity contribution in [2.75, 3.05) is 0 Å². The largest absolute Gasteiger partial charge is 0.245 e. The van der Waals surface area contributed by atoms with Crippen LogP contribution >= 0.6 is 0 Å². The third kappa shape index (κ3) is 2.35. The third-order valence-electron chi connectivity index (χ3n) is 4.41. The van der Waals surface area contributed by atoms with E-state index in [2.05, 4.69) is 83.2 Å². The summed E-state index contributed by atoms with van der Waals surface area (Å²) in [5, 5.41) is 2.43. The molecule has 3 nitrogen and oxygen atoms in total. The molecule has 0 aliphatic carbocycles. The number of benzene rings is 2. The van der Waals surface area contributed by atoms with Crippen molar-refractivity contribution in [2.24, 2.45) is 7.05 Å². The molecule has 2 aromatic heterocycles. The van der Waals surface area contributed by atoms with Gasteiger partial charge in [0.05, 0.1) is 16.6 Å². The Bertz CT molecular complexity index is 1020. The molecule has 0 aliphatic rings. The lowest BCUT2D eigenvalue weighted by atomic mass is 9.96. The summed E-state index contributed by atoms with van der Waals surface area (Å²) in [6.45, 7) is 2.16. The molecule has 0 saturated carbocycles. The highest BCUT2D eigenvalue weighted by Crippen LogP contribution is 2.32. The third-order valence-corrected chi connectivity index (χ3v) is 4.41. The maximum absolute atomic E-state index is 4.44. The Morgan fingerprint density at radius 2 is 1.58 bits per heavy atom. The average Bonchev–Trinajstić information content (AvgIpc) is 2.63. The zero-order valence-corrected chi connectivity index (χ0v) is 13.8. The molecule has 4 aromatic rings. The van der Waals surface area contributed by atoms with E-state index in [0.717, 1.165) is 11.3 Å². The maximum Gasteiger partial charge on any atom is 0.220 e. The van der Waals surface area contributed by atoms with Gasteiger partial charge in [0.15, 0.2) is 6.20 Å². The molecule has 4 rings (SSSR count).